The van der Waals surface area contributed by atoms with Gasteiger partial charge < -0.3 is 19.7 Å². The number of rotatable bonds is 28. The molecule has 0 aromatic carbocycles. The molecule has 0 bridgehead atoms. The number of aliphatic hydroxyl groups excluding tert-OH is 2. The molecule has 0 saturated carbocycles. The Bertz CT molecular complexity index is 336. The van der Waals surface area contributed by atoms with Gasteiger partial charge in [-0.3, -0.25) is 0 Å². The van der Waals surface area contributed by atoms with Gasteiger partial charge in [0.2, 0.25) is 0 Å². The van der Waals surface area contributed by atoms with E-state index in [0.717, 1.165) is 19.6 Å². The Kier molecular flexibility index (Phi) is 38.1. The van der Waals surface area contributed by atoms with E-state index < -0.39 is 6.10 Å². The summed E-state index contributed by atoms with van der Waals surface area (Å²) in [6.45, 7) is 8.71. The Morgan fingerprint density at radius 3 is 1.03 bits per heavy atom. The molecule has 0 aromatic rings. The number of hydrogen-bond donors (Lipinski definition) is 2. The Hall–Kier alpha value is -0.160. The molecule has 0 amide bonds. The molecule has 0 aromatic heterocycles. The van der Waals surface area contributed by atoms with Gasteiger partial charge in [0.15, 0.2) is 0 Å². The van der Waals surface area contributed by atoms with Crippen molar-refractivity contribution in [2.24, 2.45) is 0 Å². The molecule has 0 fully saturated rings. The van der Waals surface area contributed by atoms with E-state index >= 15 is 0 Å². The van der Waals surface area contributed by atoms with Crippen LogP contribution in [-0.2, 0) is 9.47 Å². The second-order valence-electron chi connectivity index (χ2n) is 10.1. The van der Waals surface area contributed by atoms with Crippen LogP contribution in [0.4, 0.5) is 0 Å². The minimum atomic E-state index is -0.718. The van der Waals surface area contributed by atoms with Crippen LogP contribution in [0.5, 0.6) is 0 Å². The summed E-state index contributed by atoms with van der Waals surface area (Å²) in [6.07, 6.45) is 30.1. The van der Waals surface area contributed by atoms with Gasteiger partial charge in [0.25, 0.3) is 0 Å². The number of aliphatic hydroxyl groups is 2. The number of hydrogen-bond acceptors (Lipinski definition) is 4. The molecule has 0 radical (unpaired) electrons. The normalized spacial score (nSPS) is 11.9. The lowest BCUT2D eigenvalue weighted by Gasteiger charge is -2.08. The lowest BCUT2D eigenvalue weighted by Crippen LogP contribution is -2.19. The van der Waals surface area contributed by atoms with Gasteiger partial charge in [0, 0.05) is 19.8 Å². The number of ether oxygens (including phenoxy) is 2. The van der Waals surface area contributed by atoms with Gasteiger partial charge in [0.05, 0.1) is 13.2 Å². The minimum absolute atomic E-state index is 0.209. The summed E-state index contributed by atoms with van der Waals surface area (Å²) in [4.78, 5) is 0. The van der Waals surface area contributed by atoms with Gasteiger partial charge in [-0.2, -0.15) is 0 Å². The van der Waals surface area contributed by atoms with Crippen LogP contribution in [0, 0.1) is 0 Å². The summed E-state index contributed by atoms with van der Waals surface area (Å²) in [5.74, 6) is 0. The van der Waals surface area contributed by atoms with Gasteiger partial charge in [-0.1, -0.05) is 142 Å². The largest absolute Gasteiger partial charge is 0.394 e. The summed E-state index contributed by atoms with van der Waals surface area (Å²) in [5.41, 5.74) is 0. The molecule has 4 heteroatoms. The highest BCUT2D eigenvalue weighted by molar-refractivity contribution is 4.52. The molecular formula is C31H66O4. The highest BCUT2D eigenvalue weighted by Crippen LogP contribution is 2.15. The maximum absolute atomic E-state index is 9.16. The molecular weight excluding hydrogens is 436 g/mol. The van der Waals surface area contributed by atoms with Crippen molar-refractivity contribution in [2.45, 2.75) is 168 Å². The molecule has 2 N–H and O–H groups in total. The van der Waals surface area contributed by atoms with Crippen molar-refractivity contribution in [3.8, 4) is 0 Å². The van der Waals surface area contributed by atoms with Gasteiger partial charge >= 0.3 is 0 Å². The molecule has 0 heterocycles. The highest BCUT2D eigenvalue weighted by atomic mass is 16.5. The second kappa shape index (κ2) is 36.0. The van der Waals surface area contributed by atoms with Crippen LogP contribution >= 0.6 is 0 Å². The second-order valence-corrected chi connectivity index (χ2v) is 10.1. The Morgan fingerprint density at radius 1 is 0.457 bits per heavy atom. The fourth-order valence-corrected chi connectivity index (χ4v) is 4.29. The third-order valence-corrected chi connectivity index (χ3v) is 6.57. The van der Waals surface area contributed by atoms with Crippen molar-refractivity contribution in [2.75, 3.05) is 33.0 Å². The van der Waals surface area contributed by atoms with Crippen molar-refractivity contribution in [3.05, 3.63) is 0 Å². The van der Waals surface area contributed by atoms with Gasteiger partial charge in [-0.05, 0) is 20.3 Å². The summed E-state index contributed by atoms with van der Waals surface area (Å²) in [7, 11) is 0. The Labute approximate surface area is 221 Å². The van der Waals surface area contributed by atoms with Crippen LogP contribution in [0.25, 0.3) is 0 Å². The van der Waals surface area contributed by atoms with Crippen LogP contribution in [0.15, 0.2) is 0 Å². The van der Waals surface area contributed by atoms with Crippen LogP contribution in [-0.4, -0.2) is 49.4 Å². The summed E-state index contributed by atoms with van der Waals surface area (Å²) in [5, 5.41) is 17.8. The Morgan fingerprint density at radius 2 is 0.771 bits per heavy atom. The minimum Gasteiger partial charge on any atom is -0.394 e. The van der Waals surface area contributed by atoms with E-state index in [1.54, 1.807) is 0 Å². The first kappa shape index (κ1) is 37.0. The standard InChI is InChI=1S/C27H56O3.C4H10O/c1-2-3-4-5-6-7-8-9-10-11-12-13-14-15-16-17-18-19-20-21-22-23-24-30-26-27(29)25-28;1-3-5-4-2/h27-29H,2-26H2,1H3;3-4H2,1-2H3. The van der Waals surface area contributed by atoms with E-state index in [1.165, 1.54) is 135 Å². The maximum atomic E-state index is 9.16. The van der Waals surface area contributed by atoms with Crippen LogP contribution in [0.3, 0.4) is 0 Å². The lowest BCUT2D eigenvalue weighted by atomic mass is 10.0. The molecule has 0 saturated heterocycles. The first-order valence-electron chi connectivity index (χ1n) is 15.7. The van der Waals surface area contributed by atoms with Gasteiger partial charge in [-0.15, -0.1) is 0 Å². The monoisotopic (exact) mass is 502 g/mol. The van der Waals surface area contributed by atoms with Crippen molar-refractivity contribution in [1.82, 2.24) is 0 Å². The van der Waals surface area contributed by atoms with Crippen LogP contribution in [0.2, 0.25) is 0 Å². The lowest BCUT2D eigenvalue weighted by molar-refractivity contribution is 0.00526. The zero-order valence-electron chi connectivity index (χ0n) is 24.4. The first-order valence-corrected chi connectivity index (χ1v) is 15.7. The maximum Gasteiger partial charge on any atom is 0.100 e. The van der Waals surface area contributed by atoms with Crippen molar-refractivity contribution >= 4 is 0 Å². The molecule has 0 aliphatic rings. The van der Waals surface area contributed by atoms with E-state index in [4.69, 9.17) is 19.7 Å². The topological polar surface area (TPSA) is 58.9 Å². The average molecular weight is 503 g/mol. The third kappa shape index (κ3) is 38.5. The van der Waals surface area contributed by atoms with Crippen molar-refractivity contribution in [1.29, 1.82) is 0 Å². The molecule has 0 aliphatic carbocycles. The highest BCUT2D eigenvalue weighted by Gasteiger charge is 2.00. The Balaban J connectivity index is 0. The SMILES string of the molecule is CCCCCCCCCCCCCCCCCCCCCCCCOCC(O)CO.CCOCC. The predicted molar refractivity (Wildman–Crippen MR) is 153 cm³/mol. The van der Waals surface area contributed by atoms with Crippen LogP contribution < -0.4 is 0 Å². The molecule has 214 valence electrons. The van der Waals surface area contributed by atoms with Crippen molar-refractivity contribution < 1.29 is 19.7 Å². The molecule has 0 rings (SSSR count). The smallest absolute Gasteiger partial charge is 0.100 e. The van der Waals surface area contributed by atoms with E-state index in [0.29, 0.717) is 6.61 Å². The molecule has 0 aliphatic heterocycles. The van der Waals surface area contributed by atoms with E-state index in [-0.39, 0.29) is 13.2 Å². The zero-order chi connectivity index (χ0) is 26.1. The van der Waals surface area contributed by atoms with E-state index in [2.05, 4.69) is 6.92 Å². The van der Waals surface area contributed by atoms with Gasteiger partial charge in [-0.25, -0.2) is 0 Å². The summed E-state index contributed by atoms with van der Waals surface area (Å²) < 4.78 is 10.2. The molecule has 4 nitrogen and oxygen atoms in total. The third-order valence-electron chi connectivity index (χ3n) is 6.57. The zero-order valence-corrected chi connectivity index (χ0v) is 24.4. The quantitative estimate of drug-likeness (QED) is 0.105. The van der Waals surface area contributed by atoms with Gasteiger partial charge in [0.1, 0.15) is 6.10 Å². The molecule has 0 spiro atoms. The molecule has 1 atom stereocenters. The summed E-state index contributed by atoms with van der Waals surface area (Å²) in [6, 6.07) is 0. The first-order chi connectivity index (χ1) is 17.2. The average Bonchev–Trinajstić information content (AvgIpc) is 2.87. The number of unbranched alkanes of at least 4 members (excludes halogenated alkanes) is 21. The van der Waals surface area contributed by atoms with Crippen LogP contribution in [0.1, 0.15) is 162 Å². The van der Waals surface area contributed by atoms with E-state index in [1.807, 2.05) is 13.8 Å². The van der Waals surface area contributed by atoms with Crippen molar-refractivity contribution in [3.63, 3.8) is 0 Å². The van der Waals surface area contributed by atoms with E-state index in [9.17, 15) is 0 Å². The molecule has 1 unspecified atom stereocenters. The summed E-state index contributed by atoms with van der Waals surface area (Å²) >= 11 is 0. The predicted octanol–water partition coefficient (Wildman–Crippen LogP) is 9.00. The molecule has 35 heavy (non-hydrogen) atoms. The fourth-order valence-electron chi connectivity index (χ4n) is 4.29. The fraction of sp³-hybridized carbons (Fsp3) is 1.00.